The van der Waals surface area contributed by atoms with Gasteiger partial charge in [-0.3, -0.25) is 14.3 Å². The van der Waals surface area contributed by atoms with E-state index in [9.17, 15) is 18.0 Å². The van der Waals surface area contributed by atoms with E-state index in [0.717, 1.165) is 35.5 Å². The number of nitrogens with zero attached hydrogens (tertiary/aromatic N) is 4. The average Bonchev–Trinajstić information content (AvgIpc) is 3.24. The molecule has 1 amide bonds. The van der Waals surface area contributed by atoms with Crippen molar-refractivity contribution in [3.05, 3.63) is 107 Å². The Bertz CT molecular complexity index is 1260. The van der Waals surface area contributed by atoms with Gasteiger partial charge in [0.25, 0.3) is 5.91 Å². The third kappa shape index (κ3) is 5.25. The second-order valence-corrected chi connectivity index (χ2v) is 8.22. The first-order valence-electron chi connectivity index (χ1n) is 9.97. The highest BCUT2D eigenvalue weighted by molar-refractivity contribution is 7.98. The number of thioether (sulfide) groups is 1. The standard InChI is InChI=1S/C24H19F3N4OS/c1-30(14-16-8-10-28-11-9-16)23(32)22-13-29-24(31(22)20-5-2-18(25)3-6-20)33-15-17-12-19(26)4-7-21(17)27/h2-13H,14-15H2,1H3. The number of imidazole rings is 1. The van der Waals surface area contributed by atoms with Crippen molar-refractivity contribution >= 4 is 17.7 Å². The van der Waals surface area contributed by atoms with Gasteiger partial charge >= 0.3 is 0 Å². The molecule has 0 N–H and O–H groups in total. The summed E-state index contributed by atoms with van der Waals surface area (Å²) in [5, 5.41) is 0.394. The lowest BCUT2D eigenvalue weighted by Gasteiger charge is -2.19. The number of hydrogen-bond donors (Lipinski definition) is 0. The summed E-state index contributed by atoms with van der Waals surface area (Å²) >= 11 is 1.15. The van der Waals surface area contributed by atoms with Crippen molar-refractivity contribution in [3.8, 4) is 5.69 Å². The smallest absolute Gasteiger partial charge is 0.272 e. The Labute approximate surface area is 192 Å². The summed E-state index contributed by atoms with van der Waals surface area (Å²) in [6.45, 7) is 0.354. The minimum atomic E-state index is -0.539. The van der Waals surface area contributed by atoms with Crippen molar-refractivity contribution in [1.82, 2.24) is 19.4 Å². The van der Waals surface area contributed by atoms with Crippen LogP contribution in [0.1, 0.15) is 21.6 Å². The van der Waals surface area contributed by atoms with E-state index in [4.69, 9.17) is 0 Å². The van der Waals surface area contributed by atoms with E-state index in [2.05, 4.69) is 9.97 Å². The Balaban J connectivity index is 1.65. The first-order chi connectivity index (χ1) is 15.9. The molecule has 0 unspecified atom stereocenters. The van der Waals surface area contributed by atoms with Gasteiger partial charge in [0.1, 0.15) is 23.1 Å². The predicted octanol–water partition coefficient (Wildman–Crippen LogP) is 5.25. The highest BCUT2D eigenvalue weighted by atomic mass is 32.2. The summed E-state index contributed by atoms with van der Waals surface area (Å²) in [5.41, 5.74) is 1.87. The van der Waals surface area contributed by atoms with Crippen LogP contribution in [-0.4, -0.2) is 32.4 Å². The lowest BCUT2D eigenvalue weighted by molar-refractivity contribution is 0.0776. The highest BCUT2D eigenvalue weighted by Crippen LogP contribution is 2.28. The van der Waals surface area contributed by atoms with E-state index < -0.39 is 17.5 Å². The molecule has 5 nitrogen and oxygen atoms in total. The maximum atomic E-state index is 14.1. The zero-order valence-corrected chi connectivity index (χ0v) is 18.4. The highest BCUT2D eigenvalue weighted by Gasteiger charge is 2.22. The van der Waals surface area contributed by atoms with Crippen LogP contribution in [0.15, 0.2) is 78.3 Å². The summed E-state index contributed by atoms with van der Waals surface area (Å²) in [5.74, 6) is -1.69. The molecule has 33 heavy (non-hydrogen) atoms. The third-order valence-electron chi connectivity index (χ3n) is 4.91. The van der Waals surface area contributed by atoms with E-state index in [0.29, 0.717) is 17.4 Å². The Kier molecular flexibility index (Phi) is 6.79. The molecule has 0 aliphatic carbocycles. The maximum absolute atomic E-state index is 14.1. The number of aromatic nitrogens is 3. The number of hydrogen-bond acceptors (Lipinski definition) is 4. The topological polar surface area (TPSA) is 51.0 Å². The first kappa shape index (κ1) is 22.6. The van der Waals surface area contributed by atoms with Crippen molar-refractivity contribution in [2.75, 3.05) is 7.05 Å². The van der Waals surface area contributed by atoms with Crippen LogP contribution in [0, 0.1) is 17.5 Å². The van der Waals surface area contributed by atoms with E-state index in [-0.39, 0.29) is 22.9 Å². The molecule has 0 aliphatic heterocycles. The van der Waals surface area contributed by atoms with Crippen LogP contribution < -0.4 is 0 Å². The molecule has 168 valence electrons. The van der Waals surface area contributed by atoms with Crippen molar-refractivity contribution in [1.29, 1.82) is 0 Å². The number of rotatable bonds is 7. The molecular weight excluding hydrogens is 449 g/mol. The summed E-state index contributed by atoms with van der Waals surface area (Å²) in [4.78, 5) is 23.1. The monoisotopic (exact) mass is 468 g/mol. The van der Waals surface area contributed by atoms with E-state index in [1.54, 1.807) is 24.0 Å². The van der Waals surface area contributed by atoms with Gasteiger partial charge in [-0.1, -0.05) is 11.8 Å². The molecule has 0 spiro atoms. The molecule has 0 bridgehead atoms. The zero-order valence-electron chi connectivity index (χ0n) is 17.6. The Morgan fingerprint density at radius 3 is 2.42 bits per heavy atom. The quantitative estimate of drug-likeness (QED) is 0.348. The predicted molar refractivity (Wildman–Crippen MR) is 119 cm³/mol. The van der Waals surface area contributed by atoms with Gasteiger partial charge in [0.2, 0.25) is 0 Å². The van der Waals surface area contributed by atoms with Crippen LogP contribution in [0.3, 0.4) is 0 Å². The lowest BCUT2D eigenvalue weighted by Crippen LogP contribution is -2.28. The van der Waals surface area contributed by atoms with Crippen LogP contribution in [0.25, 0.3) is 5.69 Å². The largest absolute Gasteiger partial charge is 0.336 e. The molecule has 2 aromatic carbocycles. The number of carbonyl (C=O) groups is 1. The minimum absolute atomic E-state index is 0.0995. The summed E-state index contributed by atoms with van der Waals surface area (Å²) in [6, 6.07) is 12.5. The molecule has 0 saturated carbocycles. The molecule has 0 aliphatic rings. The van der Waals surface area contributed by atoms with Crippen molar-refractivity contribution in [2.45, 2.75) is 17.5 Å². The van der Waals surface area contributed by atoms with E-state index in [1.807, 2.05) is 12.1 Å². The van der Waals surface area contributed by atoms with Gasteiger partial charge in [-0.15, -0.1) is 0 Å². The zero-order chi connectivity index (χ0) is 23.4. The first-order valence-corrected chi connectivity index (χ1v) is 11.0. The number of benzene rings is 2. The fourth-order valence-electron chi connectivity index (χ4n) is 3.25. The maximum Gasteiger partial charge on any atom is 0.272 e. The van der Waals surface area contributed by atoms with Crippen LogP contribution in [-0.2, 0) is 12.3 Å². The average molecular weight is 469 g/mol. The second kappa shape index (κ2) is 9.91. The lowest BCUT2D eigenvalue weighted by atomic mass is 10.2. The van der Waals surface area contributed by atoms with Crippen LogP contribution in [0.4, 0.5) is 13.2 Å². The molecule has 4 rings (SSSR count). The van der Waals surface area contributed by atoms with E-state index >= 15 is 0 Å². The molecule has 4 aromatic rings. The number of amides is 1. The molecule has 0 atom stereocenters. The molecule has 2 aromatic heterocycles. The van der Waals surface area contributed by atoms with Crippen molar-refractivity contribution in [3.63, 3.8) is 0 Å². The molecule has 9 heteroatoms. The van der Waals surface area contributed by atoms with Gasteiger partial charge in [-0.25, -0.2) is 18.2 Å². The Morgan fingerprint density at radius 2 is 1.70 bits per heavy atom. The van der Waals surface area contributed by atoms with Gasteiger partial charge in [0.15, 0.2) is 5.16 Å². The molecule has 0 fully saturated rings. The van der Waals surface area contributed by atoms with Crippen LogP contribution >= 0.6 is 11.8 Å². The van der Waals surface area contributed by atoms with Crippen molar-refractivity contribution in [2.24, 2.45) is 0 Å². The van der Waals surface area contributed by atoms with Crippen LogP contribution in [0.5, 0.6) is 0 Å². The Hall–Kier alpha value is -3.59. The van der Waals surface area contributed by atoms with Gasteiger partial charge in [0.05, 0.1) is 6.20 Å². The minimum Gasteiger partial charge on any atom is -0.336 e. The number of halogens is 3. The van der Waals surface area contributed by atoms with Crippen molar-refractivity contribution < 1.29 is 18.0 Å². The summed E-state index contributed by atoms with van der Waals surface area (Å²) in [7, 11) is 1.67. The normalized spacial score (nSPS) is 10.9. The second-order valence-electron chi connectivity index (χ2n) is 7.28. The van der Waals surface area contributed by atoms with Gasteiger partial charge < -0.3 is 4.90 Å². The fourth-order valence-corrected chi connectivity index (χ4v) is 4.22. The fraction of sp³-hybridized carbons (Fsp3) is 0.125. The summed E-state index contributed by atoms with van der Waals surface area (Å²) < 4.78 is 42.7. The molecular formula is C24H19F3N4OS. The summed E-state index contributed by atoms with van der Waals surface area (Å²) in [6.07, 6.45) is 4.73. The number of pyridine rings is 1. The van der Waals surface area contributed by atoms with Crippen LogP contribution in [0.2, 0.25) is 0 Å². The third-order valence-corrected chi connectivity index (χ3v) is 5.92. The van der Waals surface area contributed by atoms with E-state index in [1.165, 1.54) is 35.4 Å². The molecule has 2 heterocycles. The molecule has 0 saturated heterocycles. The van der Waals surface area contributed by atoms with Gasteiger partial charge in [-0.05, 0) is 60.2 Å². The van der Waals surface area contributed by atoms with Gasteiger partial charge in [-0.2, -0.15) is 0 Å². The molecule has 0 radical (unpaired) electrons. The Morgan fingerprint density at radius 1 is 1.00 bits per heavy atom. The SMILES string of the molecule is CN(Cc1ccncc1)C(=O)c1cnc(SCc2cc(F)ccc2F)n1-c1ccc(F)cc1. The van der Waals surface area contributed by atoms with Gasteiger partial charge in [0, 0.05) is 43.0 Å². The number of carbonyl (C=O) groups excluding carboxylic acids is 1.